The Bertz CT molecular complexity index is 1170. The lowest BCUT2D eigenvalue weighted by atomic mass is 10.0. The summed E-state index contributed by atoms with van der Waals surface area (Å²) in [5.74, 6) is 0.458. The number of rotatable bonds is 7. The molecule has 1 N–H and O–H groups in total. The molecule has 0 saturated carbocycles. The van der Waals surface area contributed by atoms with Gasteiger partial charge >= 0.3 is 5.63 Å². The van der Waals surface area contributed by atoms with E-state index < -0.39 is 15.6 Å². The smallest absolute Gasteiger partial charge is 0.343 e. The molecular formula is C21H21NO5S. The van der Waals surface area contributed by atoms with Crippen LogP contribution < -0.4 is 9.93 Å². The first-order chi connectivity index (χ1) is 13.4. The van der Waals surface area contributed by atoms with E-state index in [2.05, 4.69) is 6.58 Å². The van der Waals surface area contributed by atoms with E-state index in [1.54, 1.807) is 36.4 Å². The summed E-state index contributed by atoms with van der Waals surface area (Å²) < 4.78 is 32.2. The van der Waals surface area contributed by atoms with Crippen LogP contribution in [-0.2, 0) is 16.4 Å². The van der Waals surface area contributed by atoms with Crippen molar-refractivity contribution in [2.45, 2.75) is 17.7 Å². The SMILES string of the molecule is C=Cc1c(CCCO)oc(=O)c2cc(N(C)S(=O)(=O)c3ccccc3)ccc12. The number of sulfonamides is 1. The second-order valence-electron chi connectivity index (χ2n) is 6.27. The summed E-state index contributed by atoms with van der Waals surface area (Å²) in [6.45, 7) is 3.77. The van der Waals surface area contributed by atoms with E-state index in [1.807, 2.05) is 0 Å². The Morgan fingerprint density at radius 2 is 1.86 bits per heavy atom. The zero-order chi connectivity index (χ0) is 20.3. The minimum absolute atomic E-state index is 0.0145. The summed E-state index contributed by atoms with van der Waals surface area (Å²) in [6, 6.07) is 12.9. The van der Waals surface area contributed by atoms with E-state index in [0.717, 1.165) is 4.31 Å². The van der Waals surface area contributed by atoms with Gasteiger partial charge in [0.15, 0.2) is 0 Å². The number of hydrogen-bond donors (Lipinski definition) is 1. The van der Waals surface area contributed by atoms with E-state index in [1.165, 1.54) is 25.2 Å². The zero-order valence-electron chi connectivity index (χ0n) is 15.5. The standard InChI is InChI=1S/C21H21NO5S/c1-3-17-18-12-11-15(14-19(18)21(24)27-20(17)10-7-13-23)22(2)28(25,26)16-8-5-4-6-9-16/h3-6,8-9,11-12,14,23H,1,7,10,13H2,2H3. The maximum absolute atomic E-state index is 12.8. The minimum Gasteiger partial charge on any atom is -0.427 e. The average Bonchev–Trinajstić information content (AvgIpc) is 2.72. The van der Waals surface area contributed by atoms with Gasteiger partial charge in [-0.25, -0.2) is 13.2 Å². The molecule has 6 nitrogen and oxygen atoms in total. The van der Waals surface area contributed by atoms with E-state index in [-0.39, 0.29) is 16.9 Å². The highest BCUT2D eigenvalue weighted by atomic mass is 32.2. The molecule has 0 atom stereocenters. The van der Waals surface area contributed by atoms with Crippen LogP contribution in [0.1, 0.15) is 17.7 Å². The van der Waals surface area contributed by atoms with Crippen molar-refractivity contribution in [3.8, 4) is 0 Å². The Morgan fingerprint density at radius 1 is 1.14 bits per heavy atom. The third kappa shape index (κ3) is 3.58. The second-order valence-corrected chi connectivity index (χ2v) is 8.24. The van der Waals surface area contributed by atoms with Crippen LogP contribution in [0.5, 0.6) is 0 Å². The predicted octanol–water partition coefficient (Wildman–Crippen LogP) is 3.19. The van der Waals surface area contributed by atoms with Crippen molar-refractivity contribution in [1.29, 1.82) is 0 Å². The molecule has 0 aliphatic heterocycles. The number of benzene rings is 2. The van der Waals surface area contributed by atoms with E-state index in [9.17, 15) is 13.2 Å². The van der Waals surface area contributed by atoms with E-state index >= 15 is 0 Å². The summed E-state index contributed by atoms with van der Waals surface area (Å²) in [4.78, 5) is 12.7. The first-order valence-electron chi connectivity index (χ1n) is 8.77. The Labute approximate surface area is 163 Å². The highest BCUT2D eigenvalue weighted by Gasteiger charge is 2.22. The molecule has 1 aromatic heterocycles. The van der Waals surface area contributed by atoms with Crippen molar-refractivity contribution in [2.75, 3.05) is 18.0 Å². The molecule has 0 spiro atoms. The van der Waals surface area contributed by atoms with Gasteiger partial charge in [-0.05, 0) is 36.1 Å². The number of fused-ring (bicyclic) bond motifs is 1. The number of aryl methyl sites for hydroxylation is 1. The molecule has 0 aliphatic carbocycles. The number of anilines is 1. The quantitative estimate of drug-likeness (QED) is 0.659. The molecule has 3 aromatic rings. The fraction of sp³-hybridized carbons (Fsp3) is 0.190. The maximum Gasteiger partial charge on any atom is 0.343 e. The molecule has 1 heterocycles. The molecular weight excluding hydrogens is 378 g/mol. The van der Waals surface area contributed by atoms with E-state index in [4.69, 9.17) is 9.52 Å². The van der Waals surface area contributed by atoms with Crippen molar-refractivity contribution >= 4 is 32.6 Å². The lowest BCUT2D eigenvalue weighted by Crippen LogP contribution is -2.26. The molecule has 2 aromatic carbocycles. The third-order valence-corrected chi connectivity index (χ3v) is 6.36. The normalized spacial score (nSPS) is 11.5. The fourth-order valence-electron chi connectivity index (χ4n) is 3.04. The van der Waals surface area contributed by atoms with Crippen molar-refractivity contribution in [1.82, 2.24) is 0 Å². The second kappa shape index (κ2) is 8.00. The summed E-state index contributed by atoms with van der Waals surface area (Å²) in [6.07, 6.45) is 2.47. The van der Waals surface area contributed by atoms with Crippen LogP contribution in [-0.4, -0.2) is 27.2 Å². The zero-order valence-corrected chi connectivity index (χ0v) is 16.3. The first kappa shape index (κ1) is 19.9. The lowest BCUT2D eigenvalue weighted by molar-refractivity contribution is 0.283. The van der Waals surface area contributed by atoms with Gasteiger partial charge in [0.2, 0.25) is 0 Å². The molecule has 0 unspecified atom stereocenters. The van der Waals surface area contributed by atoms with Crippen LogP contribution in [0.4, 0.5) is 5.69 Å². The van der Waals surface area contributed by atoms with Crippen LogP contribution in [0, 0.1) is 0 Å². The van der Waals surface area contributed by atoms with Gasteiger partial charge in [0, 0.05) is 25.6 Å². The number of aliphatic hydroxyl groups is 1. The van der Waals surface area contributed by atoms with E-state index in [0.29, 0.717) is 35.2 Å². The largest absolute Gasteiger partial charge is 0.427 e. The summed E-state index contributed by atoms with van der Waals surface area (Å²) in [7, 11) is -2.32. The Hall–Kier alpha value is -2.90. The molecule has 3 rings (SSSR count). The summed E-state index contributed by atoms with van der Waals surface area (Å²) in [5, 5.41) is 9.94. The van der Waals surface area contributed by atoms with Crippen LogP contribution in [0.15, 0.2) is 69.2 Å². The van der Waals surface area contributed by atoms with Gasteiger partial charge in [-0.3, -0.25) is 4.31 Å². The van der Waals surface area contributed by atoms with Crippen molar-refractivity contribution in [3.05, 3.63) is 76.9 Å². The van der Waals surface area contributed by atoms with Gasteiger partial charge in [0.25, 0.3) is 10.0 Å². The molecule has 7 heteroatoms. The van der Waals surface area contributed by atoms with Crippen LogP contribution >= 0.6 is 0 Å². The Balaban J connectivity index is 2.11. The first-order valence-corrected chi connectivity index (χ1v) is 10.2. The lowest BCUT2D eigenvalue weighted by Gasteiger charge is -2.20. The van der Waals surface area contributed by atoms with Crippen LogP contribution in [0.2, 0.25) is 0 Å². The summed E-state index contributed by atoms with van der Waals surface area (Å²) in [5.41, 5.74) is 0.464. The fourth-order valence-corrected chi connectivity index (χ4v) is 4.25. The highest BCUT2D eigenvalue weighted by Crippen LogP contribution is 2.28. The molecule has 0 saturated heterocycles. The minimum atomic E-state index is -3.76. The third-order valence-electron chi connectivity index (χ3n) is 4.56. The molecule has 0 amide bonds. The predicted molar refractivity (Wildman–Crippen MR) is 110 cm³/mol. The Morgan fingerprint density at radius 3 is 2.50 bits per heavy atom. The monoisotopic (exact) mass is 399 g/mol. The van der Waals surface area contributed by atoms with Crippen LogP contribution in [0.25, 0.3) is 16.8 Å². The van der Waals surface area contributed by atoms with Gasteiger partial charge in [-0.1, -0.05) is 36.9 Å². The van der Waals surface area contributed by atoms with Crippen molar-refractivity contribution in [2.24, 2.45) is 0 Å². The van der Waals surface area contributed by atoms with Gasteiger partial charge < -0.3 is 9.52 Å². The Kier molecular flexibility index (Phi) is 5.67. The number of nitrogens with zero attached hydrogens (tertiary/aromatic N) is 1. The van der Waals surface area contributed by atoms with Gasteiger partial charge in [-0.2, -0.15) is 0 Å². The summed E-state index contributed by atoms with van der Waals surface area (Å²) >= 11 is 0. The number of aliphatic hydroxyl groups excluding tert-OH is 1. The molecule has 0 bridgehead atoms. The maximum atomic E-state index is 12.8. The van der Waals surface area contributed by atoms with Crippen LogP contribution in [0.3, 0.4) is 0 Å². The van der Waals surface area contributed by atoms with Crippen molar-refractivity contribution < 1.29 is 17.9 Å². The topological polar surface area (TPSA) is 87.8 Å². The highest BCUT2D eigenvalue weighted by molar-refractivity contribution is 7.92. The van der Waals surface area contributed by atoms with Gasteiger partial charge in [0.1, 0.15) is 5.76 Å². The molecule has 0 radical (unpaired) electrons. The van der Waals surface area contributed by atoms with Gasteiger partial charge in [0.05, 0.1) is 16.0 Å². The average molecular weight is 399 g/mol. The van der Waals surface area contributed by atoms with Gasteiger partial charge in [-0.15, -0.1) is 0 Å². The van der Waals surface area contributed by atoms with Crippen molar-refractivity contribution in [3.63, 3.8) is 0 Å². The number of hydrogen-bond acceptors (Lipinski definition) is 5. The molecule has 0 fully saturated rings. The molecule has 28 heavy (non-hydrogen) atoms. The molecule has 146 valence electrons. The molecule has 0 aliphatic rings.